The molecule has 0 saturated carbocycles. The van der Waals surface area contributed by atoms with Crippen molar-refractivity contribution >= 4 is 17.2 Å². The van der Waals surface area contributed by atoms with Gasteiger partial charge in [-0.25, -0.2) is 9.97 Å². The lowest BCUT2D eigenvalue weighted by Gasteiger charge is -2.20. The van der Waals surface area contributed by atoms with E-state index in [1.807, 2.05) is 24.8 Å². The van der Waals surface area contributed by atoms with Gasteiger partial charge in [-0.05, 0) is 18.6 Å². The van der Waals surface area contributed by atoms with Gasteiger partial charge in [-0.15, -0.1) is 11.3 Å². The van der Waals surface area contributed by atoms with Crippen LogP contribution in [-0.2, 0) is 13.1 Å². The molecule has 2 heterocycles. The van der Waals surface area contributed by atoms with E-state index >= 15 is 0 Å². The lowest BCUT2D eigenvalue weighted by atomic mass is 10.1. The average Bonchev–Trinajstić information content (AvgIpc) is 2.81. The minimum absolute atomic E-state index is 0.510. The van der Waals surface area contributed by atoms with Gasteiger partial charge in [0, 0.05) is 30.7 Å². The van der Waals surface area contributed by atoms with Crippen molar-refractivity contribution < 1.29 is 0 Å². The molecule has 0 amide bonds. The molecule has 0 aromatic carbocycles. The number of nitrogens with two attached hydrogens (primary N) is 1. The van der Waals surface area contributed by atoms with Gasteiger partial charge in [0.2, 0.25) is 0 Å². The summed E-state index contributed by atoms with van der Waals surface area (Å²) in [6, 6.07) is 1.99. The number of hydrogen-bond donors (Lipinski definition) is 1. The summed E-state index contributed by atoms with van der Waals surface area (Å²) in [7, 11) is 2.01. The molecule has 0 aliphatic carbocycles. The lowest BCUT2D eigenvalue weighted by Crippen LogP contribution is -2.21. The maximum atomic E-state index is 5.78. The largest absolute Gasteiger partial charge is 0.353 e. The molecule has 0 bridgehead atoms. The van der Waals surface area contributed by atoms with Gasteiger partial charge in [0.1, 0.15) is 5.82 Å². The molecular weight excluding hydrogens is 232 g/mol. The minimum atomic E-state index is 0.510. The molecule has 2 N–H and O–H groups in total. The Balaban J connectivity index is 2.24. The fourth-order valence-corrected chi connectivity index (χ4v) is 2.34. The molecule has 2 aromatic heterocycles. The zero-order chi connectivity index (χ0) is 12.3. The molecule has 2 rings (SSSR count). The van der Waals surface area contributed by atoms with E-state index in [0.29, 0.717) is 6.54 Å². The number of nitrogens with zero attached hydrogens (tertiary/aromatic N) is 3. The number of anilines is 1. The van der Waals surface area contributed by atoms with E-state index in [9.17, 15) is 0 Å². The highest BCUT2D eigenvalue weighted by Gasteiger charge is 2.11. The number of aromatic nitrogens is 2. The molecule has 0 radical (unpaired) electrons. The number of aryl methyl sites for hydroxylation is 1. The van der Waals surface area contributed by atoms with E-state index in [-0.39, 0.29) is 0 Å². The Morgan fingerprint density at radius 3 is 2.88 bits per heavy atom. The predicted molar refractivity (Wildman–Crippen MR) is 71.1 cm³/mol. The number of hydrogen-bond acceptors (Lipinski definition) is 5. The fourth-order valence-electron chi connectivity index (χ4n) is 1.79. The third-order valence-corrected chi connectivity index (χ3v) is 3.35. The number of thiazole rings is 1. The molecule has 0 unspecified atom stereocenters. The molecule has 0 aliphatic rings. The predicted octanol–water partition coefficient (Wildman–Crippen LogP) is 1.94. The van der Waals surface area contributed by atoms with Crippen molar-refractivity contribution in [1.82, 2.24) is 9.97 Å². The van der Waals surface area contributed by atoms with Crippen molar-refractivity contribution in [3.8, 4) is 0 Å². The van der Waals surface area contributed by atoms with E-state index in [1.54, 1.807) is 11.3 Å². The zero-order valence-electron chi connectivity index (χ0n) is 10.1. The van der Waals surface area contributed by atoms with Crippen LogP contribution in [0.1, 0.15) is 16.8 Å². The van der Waals surface area contributed by atoms with Gasteiger partial charge in [0.05, 0.1) is 17.7 Å². The molecular formula is C12H16N4S. The maximum Gasteiger partial charge on any atom is 0.133 e. The molecule has 0 aliphatic heterocycles. The van der Waals surface area contributed by atoms with Gasteiger partial charge in [-0.2, -0.15) is 0 Å². The highest BCUT2D eigenvalue weighted by molar-refractivity contribution is 7.07. The molecule has 4 nitrogen and oxygen atoms in total. The van der Waals surface area contributed by atoms with Crippen LogP contribution < -0.4 is 10.6 Å². The topological polar surface area (TPSA) is 55.0 Å². The fraction of sp³-hybridized carbons (Fsp3) is 0.333. The summed E-state index contributed by atoms with van der Waals surface area (Å²) in [5.74, 6) is 0.945. The molecule has 17 heavy (non-hydrogen) atoms. The summed E-state index contributed by atoms with van der Waals surface area (Å²) in [5, 5.41) is 2.05. The van der Waals surface area contributed by atoms with Crippen LogP contribution in [0.25, 0.3) is 0 Å². The van der Waals surface area contributed by atoms with Crippen LogP contribution in [-0.4, -0.2) is 17.0 Å². The minimum Gasteiger partial charge on any atom is -0.353 e. The standard InChI is InChI=1S/C12H16N4S/c1-9-3-4-14-12(11(9)5-13)16(2)6-10-7-17-8-15-10/h3-4,7-8H,5-6,13H2,1-2H3. The van der Waals surface area contributed by atoms with Gasteiger partial charge in [0.15, 0.2) is 0 Å². The van der Waals surface area contributed by atoms with Gasteiger partial charge in [0.25, 0.3) is 0 Å². The van der Waals surface area contributed by atoms with Crippen molar-refractivity contribution in [2.24, 2.45) is 5.73 Å². The molecule has 0 atom stereocenters. The third-order valence-electron chi connectivity index (χ3n) is 2.72. The van der Waals surface area contributed by atoms with Crippen molar-refractivity contribution in [3.05, 3.63) is 40.0 Å². The highest BCUT2D eigenvalue weighted by atomic mass is 32.1. The molecule has 5 heteroatoms. The smallest absolute Gasteiger partial charge is 0.133 e. The second-order valence-corrected chi connectivity index (χ2v) is 4.69. The molecule has 2 aromatic rings. The Morgan fingerprint density at radius 2 is 2.24 bits per heavy atom. The monoisotopic (exact) mass is 248 g/mol. The maximum absolute atomic E-state index is 5.78. The van der Waals surface area contributed by atoms with Crippen LogP contribution in [0.4, 0.5) is 5.82 Å². The Labute approximate surface area is 105 Å². The van der Waals surface area contributed by atoms with E-state index < -0.39 is 0 Å². The Bertz CT molecular complexity index is 481. The summed E-state index contributed by atoms with van der Waals surface area (Å²) in [6.07, 6.45) is 1.82. The van der Waals surface area contributed by atoms with E-state index in [4.69, 9.17) is 5.73 Å². The van der Waals surface area contributed by atoms with Crippen LogP contribution in [0.2, 0.25) is 0 Å². The van der Waals surface area contributed by atoms with Crippen molar-refractivity contribution in [2.45, 2.75) is 20.0 Å². The third kappa shape index (κ3) is 2.62. The zero-order valence-corrected chi connectivity index (χ0v) is 10.9. The van der Waals surface area contributed by atoms with E-state index in [2.05, 4.69) is 27.2 Å². The van der Waals surface area contributed by atoms with E-state index in [0.717, 1.165) is 23.6 Å². The molecule has 0 saturated heterocycles. The first-order valence-corrected chi connectivity index (χ1v) is 6.39. The number of rotatable bonds is 4. The van der Waals surface area contributed by atoms with Crippen molar-refractivity contribution in [2.75, 3.05) is 11.9 Å². The quantitative estimate of drug-likeness (QED) is 0.898. The summed E-state index contributed by atoms with van der Waals surface area (Å²) in [5.41, 5.74) is 11.0. The SMILES string of the molecule is Cc1ccnc(N(C)Cc2cscn2)c1CN. The average molecular weight is 248 g/mol. The molecule has 0 fully saturated rings. The normalized spacial score (nSPS) is 10.5. The Hall–Kier alpha value is -1.46. The van der Waals surface area contributed by atoms with Gasteiger partial charge in [-0.3, -0.25) is 0 Å². The van der Waals surface area contributed by atoms with Gasteiger partial charge in [-0.1, -0.05) is 0 Å². The second kappa shape index (κ2) is 5.25. The number of pyridine rings is 1. The Morgan fingerprint density at radius 1 is 1.41 bits per heavy atom. The van der Waals surface area contributed by atoms with Crippen molar-refractivity contribution in [1.29, 1.82) is 0 Å². The summed E-state index contributed by atoms with van der Waals surface area (Å²) in [6.45, 7) is 3.33. The van der Waals surface area contributed by atoms with Gasteiger partial charge < -0.3 is 10.6 Å². The van der Waals surface area contributed by atoms with Crippen LogP contribution in [0.3, 0.4) is 0 Å². The lowest BCUT2D eigenvalue weighted by molar-refractivity contribution is 0.853. The first kappa shape index (κ1) is 12.0. The van der Waals surface area contributed by atoms with Crippen LogP contribution in [0, 0.1) is 6.92 Å². The van der Waals surface area contributed by atoms with E-state index in [1.165, 1.54) is 5.56 Å². The highest BCUT2D eigenvalue weighted by Crippen LogP contribution is 2.20. The van der Waals surface area contributed by atoms with Crippen molar-refractivity contribution in [3.63, 3.8) is 0 Å². The summed E-state index contributed by atoms with van der Waals surface area (Å²) < 4.78 is 0. The molecule has 90 valence electrons. The summed E-state index contributed by atoms with van der Waals surface area (Å²) in [4.78, 5) is 10.8. The first-order chi connectivity index (χ1) is 8.22. The molecule has 0 spiro atoms. The Kier molecular flexibility index (Phi) is 3.71. The summed E-state index contributed by atoms with van der Waals surface area (Å²) >= 11 is 1.61. The van der Waals surface area contributed by atoms with Crippen LogP contribution >= 0.6 is 11.3 Å². The van der Waals surface area contributed by atoms with Crippen LogP contribution in [0.15, 0.2) is 23.2 Å². The second-order valence-electron chi connectivity index (χ2n) is 3.97. The first-order valence-electron chi connectivity index (χ1n) is 5.45. The van der Waals surface area contributed by atoms with Gasteiger partial charge >= 0.3 is 0 Å². The van der Waals surface area contributed by atoms with Crippen LogP contribution in [0.5, 0.6) is 0 Å².